The molecule has 0 spiro atoms. The lowest BCUT2D eigenvalue weighted by Crippen LogP contribution is -2.47. The van der Waals surface area contributed by atoms with Crippen molar-refractivity contribution >= 4 is 22.6 Å². The number of aliphatic carboxylic acids is 1. The van der Waals surface area contributed by atoms with Gasteiger partial charge < -0.3 is 19.9 Å². The molecule has 21 heavy (non-hydrogen) atoms. The van der Waals surface area contributed by atoms with Crippen LogP contribution < -0.4 is 10.1 Å². The number of anilines is 1. The van der Waals surface area contributed by atoms with Crippen LogP contribution in [0.1, 0.15) is 6.42 Å². The number of carboxylic acid groups (broad SMARTS) is 1. The zero-order chi connectivity index (χ0) is 14.9. The van der Waals surface area contributed by atoms with Crippen molar-refractivity contribution in [3.05, 3.63) is 30.5 Å². The van der Waals surface area contributed by atoms with E-state index in [1.807, 2.05) is 24.3 Å². The van der Waals surface area contributed by atoms with E-state index in [0.717, 1.165) is 10.8 Å². The van der Waals surface area contributed by atoms with E-state index in [4.69, 9.17) is 9.47 Å². The fraction of sp³-hybridized carbons (Fsp3) is 0.333. The van der Waals surface area contributed by atoms with Gasteiger partial charge in [-0.25, -0.2) is 9.78 Å². The lowest BCUT2D eigenvalue weighted by molar-refractivity contribution is -0.142. The molecule has 1 aromatic carbocycles. The van der Waals surface area contributed by atoms with Crippen molar-refractivity contribution in [2.24, 2.45) is 0 Å². The van der Waals surface area contributed by atoms with E-state index in [2.05, 4.69) is 10.3 Å². The highest BCUT2D eigenvalue weighted by molar-refractivity contribution is 5.95. The van der Waals surface area contributed by atoms with Gasteiger partial charge in [0.05, 0.1) is 13.7 Å². The summed E-state index contributed by atoms with van der Waals surface area (Å²) in [5, 5.41) is 14.3. The largest absolute Gasteiger partial charge is 0.497 e. The Morgan fingerprint density at radius 1 is 1.48 bits per heavy atom. The summed E-state index contributed by atoms with van der Waals surface area (Å²) in [6.07, 6.45) is 2.06. The highest BCUT2D eigenvalue weighted by Crippen LogP contribution is 2.30. The van der Waals surface area contributed by atoms with Crippen LogP contribution in [0, 0.1) is 0 Å². The van der Waals surface area contributed by atoms with E-state index in [-0.39, 0.29) is 6.61 Å². The molecule has 6 heteroatoms. The minimum absolute atomic E-state index is 0.129. The van der Waals surface area contributed by atoms with Crippen LogP contribution in [0.5, 0.6) is 5.75 Å². The minimum atomic E-state index is -1.12. The summed E-state index contributed by atoms with van der Waals surface area (Å²) < 4.78 is 10.5. The lowest BCUT2D eigenvalue weighted by Gasteiger charge is -2.25. The predicted octanol–water partition coefficient (Wildman–Crippen LogP) is 1.90. The summed E-state index contributed by atoms with van der Waals surface area (Å²) in [7, 11) is 1.59. The molecule has 2 heterocycles. The number of rotatable bonds is 4. The van der Waals surface area contributed by atoms with Crippen LogP contribution >= 0.6 is 0 Å². The third-order valence-electron chi connectivity index (χ3n) is 3.76. The standard InChI is InChI=1S/C15H16N2O4/c1-20-11-3-2-10-4-6-16-13(12(10)8-11)17-15(14(18)19)5-7-21-9-15/h2-4,6,8H,5,7,9H2,1H3,(H,16,17)(H,18,19). The van der Waals surface area contributed by atoms with Crippen molar-refractivity contribution < 1.29 is 19.4 Å². The minimum Gasteiger partial charge on any atom is -0.497 e. The van der Waals surface area contributed by atoms with Gasteiger partial charge in [0.1, 0.15) is 11.6 Å². The third kappa shape index (κ3) is 2.38. The molecule has 1 aromatic heterocycles. The number of fused-ring (bicyclic) bond motifs is 1. The number of carbonyl (C=O) groups is 1. The summed E-state index contributed by atoms with van der Waals surface area (Å²) in [4.78, 5) is 15.9. The van der Waals surface area contributed by atoms with Crippen LogP contribution in [0.25, 0.3) is 10.8 Å². The van der Waals surface area contributed by atoms with Gasteiger partial charge in [-0.2, -0.15) is 0 Å². The summed E-state index contributed by atoms with van der Waals surface area (Å²) >= 11 is 0. The molecule has 1 aliphatic rings. The summed E-state index contributed by atoms with van der Waals surface area (Å²) in [6, 6.07) is 7.49. The van der Waals surface area contributed by atoms with E-state index < -0.39 is 11.5 Å². The predicted molar refractivity (Wildman–Crippen MR) is 77.7 cm³/mol. The Labute approximate surface area is 121 Å². The Bertz CT molecular complexity index is 680. The molecule has 1 fully saturated rings. The van der Waals surface area contributed by atoms with Gasteiger partial charge in [0.25, 0.3) is 0 Å². The molecule has 2 aromatic rings. The Balaban J connectivity index is 2.05. The van der Waals surface area contributed by atoms with E-state index in [1.165, 1.54) is 0 Å². The maximum atomic E-state index is 11.6. The Morgan fingerprint density at radius 2 is 2.33 bits per heavy atom. The highest BCUT2D eigenvalue weighted by Gasteiger charge is 2.43. The van der Waals surface area contributed by atoms with Gasteiger partial charge in [0, 0.05) is 24.6 Å². The van der Waals surface area contributed by atoms with Crippen LogP contribution in [0.4, 0.5) is 5.82 Å². The van der Waals surface area contributed by atoms with Gasteiger partial charge in [-0.3, -0.25) is 0 Å². The second-order valence-corrected chi connectivity index (χ2v) is 5.06. The first-order valence-electron chi connectivity index (χ1n) is 6.67. The molecule has 1 atom stereocenters. The number of nitrogens with zero attached hydrogens (tertiary/aromatic N) is 1. The van der Waals surface area contributed by atoms with Crippen molar-refractivity contribution in [2.75, 3.05) is 25.6 Å². The van der Waals surface area contributed by atoms with Crippen LogP contribution in [0.2, 0.25) is 0 Å². The van der Waals surface area contributed by atoms with Gasteiger partial charge in [-0.15, -0.1) is 0 Å². The molecule has 1 unspecified atom stereocenters. The quantitative estimate of drug-likeness (QED) is 0.894. The van der Waals surface area contributed by atoms with E-state index in [0.29, 0.717) is 24.6 Å². The number of pyridine rings is 1. The van der Waals surface area contributed by atoms with Gasteiger partial charge >= 0.3 is 5.97 Å². The average molecular weight is 288 g/mol. The van der Waals surface area contributed by atoms with E-state index in [1.54, 1.807) is 13.3 Å². The van der Waals surface area contributed by atoms with Crippen LogP contribution in [-0.4, -0.2) is 41.9 Å². The van der Waals surface area contributed by atoms with Crippen molar-refractivity contribution in [3.63, 3.8) is 0 Å². The Hall–Kier alpha value is -2.34. The van der Waals surface area contributed by atoms with Crippen LogP contribution in [-0.2, 0) is 9.53 Å². The molecule has 3 rings (SSSR count). The maximum Gasteiger partial charge on any atom is 0.331 e. The molecule has 0 saturated carbocycles. The first kappa shape index (κ1) is 13.6. The first-order chi connectivity index (χ1) is 10.1. The molecule has 0 amide bonds. The van der Waals surface area contributed by atoms with Crippen LogP contribution in [0.15, 0.2) is 30.5 Å². The molecule has 1 saturated heterocycles. The summed E-state index contributed by atoms with van der Waals surface area (Å²) in [5.74, 6) is 0.298. The zero-order valence-corrected chi connectivity index (χ0v) is 11.6. The van der Waals surface area contributed by atoms with Crippen molar-refractivity contribution in [2.45, 2.75) is 12.0 Å². The lowest BCUT2D eigenvalue weighted by atomic mass is 9.98. The smallest absolute Gasteiger partial charge is 0.331 e. The Kier molecular flexibility index (Phi) is 3.39. The number of ether oxygens (including phenoxy) is 2. The topological polar surface area (TPSA) is 80.7 Å². The summed E-state index contributed by atoms with van der Waals surface area (Å²) in [5.41, 5.74) is -1.12. The first-order valence-corrected chi connectivity index (χ1v) is 6.67. The number of hydrogen-bond donors (Lipinski definition) is 2. The second kappa shape index (κ2) is 5.21. The van der Waals surface area contributed by atoms with E-state index >= 15 is 0 Å². The number of benzene rings is 1. The SMILES string of the molecule is COc1ccc2ccnc(NC3(C(=O)O)CCOC3)c2c1. The van der Waals surface area contributed by atoms with Gasteiger partial charge in [0.15, 0.2) is 5.54 Å². The zero-order valence-electron chi connectivity index (χ0n) is 11.6. The Morgan fingerprint density at radius 3 is 3.00 bits per heavy atom. The van der Waals surface area contributed by atoms with E-state index in [9.17, 15) is 9.90 Å². The number of carboxylic acids is 1. The molecule has 2 N–H and O–H groups in total. The number of hydrogen-bond acceptors (Lipinski definition) is 5. The van der Waals surface area contributed by atoms with Crippen LogP contribution in [0.3, 0.4) is 0 Å². The van der Waals surface area contributed by atoms with Gasteiger partial charge in [-0.1, -0.05) is 6.07 Å². The maximum absolute atomic E-state index is 11.6. The van der Waals surface area contributed by atoms with Crippen molar-refractivity contribution in [1.82, 2.24) is 4.98 Å². The molecular formula is C15H16N2O4. The molecule has 0 bridgehead atoms. The molecule has 0 radical (unpaired) electrons. The number of methoxy groups -OCH3 is 1. The fourth-order valence-corrected chi connectivity index (χ4v) is 2.49. The number of nitrogens with one attached hydrogen (secondary N) is 1. The van der Waals surface area contributed by atoms with Gasteiger partial charge in [-0.05, 0) is 23.6 Å². The second-order valence-electron chi connectivity index (χ2n) is 5.06. The highest BCUT2D eigenvalue weighted by atomic mass is 16.5. The normalized spacial score (nSPS) is 21.4. The molecule has 0 aliphatic carbocycles. The van der Waals surface area contributed by atoms with Gasteiger partial charge in [0.2, 0.25) is 0 Å². The number of aromatic nitrogens is 1. The molecule has 6 nitrogen and oxygen atoms in total. The summed E-state index contributed by atoms with van der Waals surface area (Å²) in [6.45, 7) is 0.553. The van der Waals surface area contributed by atoms with Crippen molar-refractivity contribution in [1.29, 1.82) is 0 Å². The third-order valence-corrected chi connectivity index (χ3v) is 3.76. The fourth-order valence-electron chi connectivity index (χ4n) is 2.49. The molecule has 110 valence electrons. The van der Waals surface area contributed by atoms with Crippen molar-refractivity contribution in [3.8, 4) is 5.75 Å². The average Bonchev–Trinajstić information content (AvgIpc) is 2.97. The molecule has 1 aliphatic heterocycles. The monoisotopic (exact) mass is 288 g/mol. The molecular weight excluding hydrogens is 272 g/mol.